The highest BCUT2D eigenvalue weighted by Gasteiger charge is 2.15. The van der Waals surface area contributed by atoms with Crippen molar-refractivity contribution >= 4 is 10.9 Å². The van der Waals surface area contributed by atoms with E-state index in [1.54, 1.807) is 0 Å². The Morgan fingerprint density at radius 3 is 2.62 bits per heavy atom. The second kappa shape index (κ2) is 7.56. The third-order valence-electron chi connectivity index (χ3n) is 3.93. The van der Waals surface area contributed by atoms with Crippen molar-refractivity contribution in [3.8, 4) is 0 Å². The van der Waals surface area contributed by atoms with E-state index in [1.165, 1.54) is 30.2 Å². The van der Waals surface area contributed by atoms with Gasteiger partial charge >= 0.3 is 0 Å². The lowest BCUT2D eigenvalue weighted by Gasteiger charge is -2.22. The molecule has 0 aliphatic carbocycles. The standard InChI is InChI=1S/C19H28N2/c1-5-12-20-18(11-10-14(2)3)17-13-15(4)21-19-9-7-6-8-16(17)19/h6-9,13-14,18,20H,5,10-12H2,1-4H3. The predicted octanol–water partition coefficient (Wildman–Crippen LogP) is 5.02. The molecule has 21 heavy (non-hydrogen) atoms. The SMILES string of the molecule is CCCNC(CCC(C)C)c1cc(C)nc2ccccc12. The van der Waals surface area contributed by atoms with Gasteiger partial charge in [-0.25, -0.2) is 0 Å². The first kappa shape index (κ1) is 16.0. The summed E-state index contributed by atoms with van der Waals surface area (Å²) in [5.74, 6) is 0.741. The number of hydrogen-bond acceptors (Lipinski definition) is 2. The van der Waals surface area contributed by atoms with Crippen molar-refractivity contribution in [2.24, 2.45) is 5.92 Å². The average Bonchev–Trinajstić information content (AvgIpc) is 2.46. The summed E-state index contributed by atoms with van der Waals surface area (Å²) in [6.45, 7) is 9.98. The number of aromatic nitrogens is 1. The fourth-order valence-electron chi connectivity index (χ4n) is 2.81. The molecule has 1 aromatic carbocycles. The average molecular weight is 284 g/mol. The summed E-state index contributed by atoms with van der Waals surface area (Å²) in [5, 5.41) is 5.02. The molecule has 0 saturated heterocycles. The van der Waals surface area contributed by atoms with Crippen molar-refractivity contribution in [3.63, 3.8) is 0 Å². The van der Waals surface area contributed by atoms with Crippen LogP contribution in [0.1, 0.15) is 57.3 Å². The molecule has 1 aromatic heterocycles. The van der Waals surface area contributed by atoms with E-state index in [9.17, 15) is 0 Å². The van der Waals surface area contributed by atoms with Gasteiger partial charge in [-0.1, -0.05) is 39.0 Å². The molecule has 0 bridgehead atoms. The topological polar surface area (TPSA) is 24.9 Å². The molecule has 0 amide bonds. The predicted molar refractivity (Wildman–Crippen MR) is 91.6 cm³/mol. The Morgan fingerprint density at radius 2 is 1.90 bits per heavy atom. The van der Waals surface area contributed by atoms with Crippen LogP contribution in [0.15, 0.2) is 30.3 Å². The van der Waals surface area contributed by atoms with Crippen LogP contribution in [0, 0.1) is 12.8 Å². The smallest absolute Gasteiger partial charge is 0.0708 e. The van der Waals surface area contributed by atoms with E-state index in [1.807, 2.05) is 0 Å². The fourth-order valence-corrected chi connectivity index (χ4v) is 2.81. The molecule has 1 unspecified atom stereocenters. The van der Waals surface area contributed by atoms with Gasteiger partial charge in [-0.05, 0) is 56.3 Å². The van der Waals surface area contributed by atoms with Crippen LogP contribution in [0.4, 0.5) is 0 Å². The number of nitrogens with one attached hydrogen (secondary N) is 1. The van der Waals surface area contributed by atoms with Crippen LogP contribution in [0.5, 0.6) is 0 Å². The van der Waals surface area contributed by atoms with Gasteiger partial charge in [0.1, 0.15) is 0 Å². The summed E-state index contributed by atoms with van der Waals surface area (Å²) >= 11 is 0. The molecule has 2 aromatic rings. The van der Waals surface area contributed by atoms with E-state index in [-0.39, 0.29) is 0 Å². The normalized spacial score (nSPS) is 13.0. The van der Waals surface area contributed by atoms with Gasteiger partial charge in [0.2, 0.25) is 0 Å². The zero-order valence-electron chi connectivity index (χ0n) is 13.8. The zero-order chi connectivity index (χ0) is 15.2. The molecule has 2 rings (SSSR count). The highest BCUT2D eigenvalue weighted by molar-refractivity contribution is 5.82. The van der Waals surface area contributed by atoms with Gasteiger partial charge in [0, 0.05) is 17.1 Å². The molecule has 2 nitrogen and oxygen atoms in total. The molecular weight excluding hydrogens is 256 g/mol. The van der Waals surface area contributed by atoms with Gasteiger partial charge < -0.3 is 5.32 Å². The second-order valence-electron chi connectivity index (χ2n) is 6.35. The Morgan fingerprint density at radius 1 is 1.14 bits per heavy atom. The lowest BCUT2D eigenvalue weighted by molar-refractivity contribution is 0.442. The van der Waals surface area contributed by atoms with Crippen molar-refractivity contribution in [1.29, 1.82) is 0 Å². The molecule has 1 N–H and O–H groups in total. The molecule has 0 saturated carbocycles. The molecule has 0 aliphatic heterocycles. The van der Waals surface area contributed by atoms with E-state index in [4.69, 9.17) is 0 Å². The number of benzene rings is 1. The Hall–Kier alpha value is -1.41. The minimum atomic E-state index is 0.430. The van der Waals surface area contributed by atoms with Crippen molar-refractivity contribution in [1.82, 2.24) is 10.3 Å². The molecule has 0 spiro atoms. The lowest BCUT2D eigenvalue weighted by Crippen LogP contribution is -2.23. The Balaban J connectivity index is 2.37. The van der Waals surface area contributed by atoms with E-state index < -0.39 is 0 Å². The monoisotopic (exact) mass is 284 g/mol. The Kier molecular flexibility index (Phi) is 5.75. The van der Waals surface area contributed by atoms with Crippen LogP contribution in [0.2, 0.25) is 0 Å². The van der Waals surface area contributed by atoms with E-state index in [0.717, 1.165) is 23.7 Å². The van der Waals surface area contributed by atoms with Crippen LogP contribution in [0.25, 0.3) is 10.9 Å². The first-order valence-electron chi connectivity index (χ1n) is 8.21. The van der Waals surface area contributed by atoms with Gasteiger partial charge in [-0.3, -0.25) is 4.98 Å². The molecule has 2 heteroatoms. The third-order valence-corrected chi connectivity index (χ3v) is 3.93. The first-order chi connectivity index (χ1) is 10.1. The molecule has 1 atom stereocenters. The molecule has 0 radical (unpaired) electrons. The van der Waals surface area contributed by atoms with E-state index in [2.05, 4.69) is 68.3 Å². The second-order valence-corrected chi connectivity index (χ2v) is 6.35. The summed E-state index contributed by atoms with van der Waals surface area (Å²) in [4.78, 5) is 4.67. The van der Waals surface area contributed by atoms with Crippen LogP contribution >= 0.6 is 0 Å². The van der Waals surface area contributed by atoms with Crippen LogP contribution in [-0.4, -0.2) is 11.5 Å². The molecule has 0 fully saturated rings. The maximum atomic E-state index is 4.67. The molecule has 114 valence electrons. The Bertz CT molecular complexity index is 575. The van der Waals surface area contributed by atoms with Crippen molar-refractivity contribution < 1.29 is 0 Å². The number of fused-ring (bicyclic) bond motifs is 1. The highest BCUT2D eigenvalue weighted by atomic mass is 14.9. The third kappa shape index (κ3) is 4.28. The van der Waals surface area contributed by atoms with Crippen molar-refractivity contribution in [2.45, 2.75) is 53.0 Å². The number of rotatable bonds is 7. The number of para-hydroxylation sites is 1. The number of aryl methyl sites for hydroxylation is 1. The van der Waals surface area contributed by atoms with Crippen LogP contribution < -0.4 is 5.32 Å². The summed E-state index contributed by atoms with van der Waals surface area (Å²) in [6.07, 6.45) is 3.60. The Labute approximate surface area is 129 Å². The quantitative estimate of drug-likeness (QED) is 0.772. The van der Waals surface area contributed by atoms with E-state index >= 15 is 0 Å². The van der Waals surface area contributed by atoms with Crippen molar-refractivity contribution in [3.05, 3.63) is 41.6 Å². The van der Waals surface area contributed by atoms with E-state index in [0.29, 0.717) is 6.04 Å². The molecular formula is C19H28N2. The number of nitrogens with zero attached hydrogens (tertiary/aromatic N) is 1. The lowest BCUT2D eigenvalue weighted by atomic mass is 9.94. The van der Waals surface area contributed by atoms with Crippen molar-refractivity contribution in [2.75, 3.05) is 6.54 Å². The van der Waals surface area contributed by atoms with Crippen LogP contribution in [-0.2, 0) is 0 Å². The maximum Gasteiger partial charge on any atom is 0.0708 e. The van der Waals surface area contributed by atoms with Gasteiger partial charge in [-0.15, -0.1) is 0 Å². The minimum Gasteiger partial charge on any atom is -0.310 e. The van der Waals surface area contributed by atoms with Gasteiger partial charge in [0.05, 0.1) is 5.52 Å². The number of hydrogen-bond donors (Lipinski definition) is 1. The minimum absolute atomic E-state index is 0.430. The number of pyridine rings is 1. The van der Waals surface area contributed by atoms with Crippen LogP contribution in [0.3, 0.4) is 0 Å². The molecule has 1 heterocycles. The van der Waals surface area contributed by atoms with Gasteiger partial charge in [0.25, 0.3) is 0 Å². The highest BCUT2D eigenvalue weighted by Crippen LogP contribution is 2.28. The summed E-state index contributed by atoms with van der Waals surface area (Å²) < 4.78 is 0. The van der Waals surface area contributed by atoms with Gasteiger partial charge in [0.15, 0.2) is 0 Å². The fraction of sp³-hybridized carbons (Fsp3) is 0.526. The summed E-state index contributed by atoms with van der Waals surface area (Å²) in [7, 11) is 0. The zero-order valence-corrected chi connectivity index (χ0v) is 13.8. The maximum absolute atomic E-state index is 4.67. The first-order valence-corrected chi connectivity index (χ1v) is 8.21. The molecule has 0 aliphatic rings. The largest absolute Gasteiger partial charge is 0.310 e. The van der Waals surface area contributed by atoms with Gasteiger partial charge in [-0.2, -0.15) is 0 Å². The summed E-state index contributed by atoms with van der Waals surface area (Å²) in [6, 6.07) is 11.2. The summed E-state index contributed by atoms with van der Waals surface area (Å²) in [5.41, 5.74) is 3.63.